The van der Waals surface area contributed by atoms with E-state index in [0.717, 1.165) is 11.3 Å². The summed E-state index contributed by atoms with van der Waals surface area (Å²) in [5.74, 6) is 1.05. The van der Waals surface area contributed by atoms with Crippen LogP contribution < -0.4 is 9.62 Å². The van der Waals surface area contributed by atoms with E-state index in [1.165, 1.54) is 16.4 Å². The SMILES string of the molecule is Cc1ccc(C(C)NC(=O)c2cccc(S(=O)(=O)N3CCc4ccccc43)c2)o1. The zero-order chi connectivity index (χ0) is 20.6. The summed E-state index contributed by atoms with van der Waals surface area (Å²) < 4.78 is 33.3. The Kier molecular flexibility index (Phi) is 4.92. The molecular formula is C22H22N2O4S. The third-order valence-electron chi connectivity index (χ3n) is 5.06. The molecule has 0 bridgehead atoms. The van der Waals surface area contributed by atoms with Gasteiger partial charge in [0, 0.05) is 12.1 Å². The monoisotopic (exact) mass is 410 g/mol. The van der Waals surface area contributed by atoms with Crippen LogP contribution in [0, 0.1) is 6.92 Å². The number of carbonyl (C=O) groups is 1. The van der Waals surface area contributed by atoms with E-state index in [9.17, 15) is 13.2 Å². The van der Waals surface area contributed by atoms with E-state index in [2.05, 4.69) is 5.32 Å². The fourth-order valence-electron chi connectivity index (χ4n) is 3.52. The molecule has 29 heavy (non-hydrogen) atoms. The summed E-state index contributed by atoms with van der Waals surface area (Å²) in [7, 11) is -3.75. The number of rotatable bonds is 5. The largest absolute Gasteiger partial charge is 0.464 e. The Bertz CT molecular complexity index is 1170. The van der Waals surface area contributed by atoms with Crippen LogP contribution in [-0.4, -0.2) is 20.9 Å². The van der Waals surface area contributed by atoms with Crippen molar-refractivity contribution in [3.05, 3.63) is 83.3 Å². The van der Waals surface area contributed by atoms with Crippen LogP contribution in [0.15, 0.2) is 70.0 Å². The fourth-order valence-corrected chi connectivity index (χ4v) is 5.07. The average molecular weight is 410 g/mol. The van der Waals surface area contributed by atoms with Crippen LogP contribution in [0.5, 0.6) is 0 Å². The zero-order valence-electron chi connectivity index (χ0n) is 16.3. The van der Waals surface area contributed by atoms with Crippen LogP contribution in [-0.2, 0) is 16.4 Å². The minimum Gasteiger partial charge on any atom is -0.464 e. The Morgan fingerprint density at radius 2 is 1.90 bits per heavy atom. The van der Waals surface area contributed by atoms with Crippen molar-refractivity contribution in [2.24, 2.45) is 0 Å². The number of hydrogen-bond donors (Lipinski definition) is 1. The number of amides is 1. The summed E-state index contributed by atoms with van der Waals surface area (Å²) in [6, 6.07) is 16.9. The van der Waals surface area contributed by atoms with Gasteiger partial charge in [0.25, 0.3) is 15.9 Å². The molecule has 1 aromatic heterocycles. The first kappa shape index (κ1) is 19.3. The topological polar surface area (TPSA) is 79.6 Å². The molecule has 0 radical (unpaired) electrons. The van der Waals surface area contributed by atoms with Gasteiger partial charge in [0.1, 0.15) is 11.5 Å². The van der Waals surface area contributed by atoms with Gasteiger partial charge in [0.05, 0.1) is 16.6 Å². The number of nitrogens with one attached hydrogen (secondary N) is 1. The van der Waals surface area contributed by atoms with Gasteiger partial charge in [-0.3, -0.25) is 9.10 Å². The first-order valence-corrected chi connectivity index (χ1v) is 10.9. The second-order valence-corrected chi connectivity index (χ2v) is 8.99. The Morgan fingerprint density at radius 1 is 1.10 bits per heavy atom. The van der Waals surface area contributed by atoms with E-state index in [4.69, 9.17) is 4.42 Å². The molecule has 0 spiro atoms. The van der Waals surface area contributed by atoms with Gasteiger partial charge in [-0.25, -0.2) is 8.42 Å². The first-order chi connectivity index (χ1) is 13.9. The highest BCUT2D eigenvalue weighted by molar-refractivity contribution is 7.92. The molecule has 0 fully saturated rings. The van der Waals surface area contributed by atoms with Gasteiger partial charge < -0.3 is 9.73 Å². The lowest BCUT2D eigenvalue weighted by molar-refractivity contribution is 0.0935. The number of carbonyl (C=O) groups excluding carboxylic acids is 1. The number of sulfonamides is 1. The summed E-state index contributed by atoms with van der Waals surface area (Å²) in [5, 5.41) is 2.85. The van der Waals surface area contributed by atoms with Gasteiger partial charge in [0.2, 0.25) is 0 Å². The maximum Gasteiger partial charge on any atom is 0.264 e. The molecule has 1 aliphatic heterocycles. The van der Waals surface area contributed by atoms with Crippen molar-refractivity contribution in [2.75, 3.05) is 10.8 Å². The molecule has 0 saturated carbocycles. The van der Waals surface area contributed by atoms with E-state index in [-0.39, 0.29) is 22.4 Å². The number of nitrogens with zero attached hydrogens (tertiary/aromatic N) is 1. The predicted molar refractivity (Wildman–Crippen MR) is 110 cm³/mol. The van der Waals surface area contributed by atoms with Crippen molar-refractivity contribution >= 4 is 21.6 Å². The van der Waals surface area contributed by atoms with Crippen molar-refractivity contribution < 1.29 is 17.6 Å². The standard InChI is InChI=1S/C22H22N2O4S/c1-15-10-11-21(28-15)16(2)23-22(25)18-7-5-8-19(14-18)29(26,27)24-13-12-17-6-3-4-9-20(17)24/h3-11,14,16H,12-13H2,1-2H3,(H,23,25). The molecule has 4 rings (SSSR count). The molecule has 1 aliphatic rings. The average Bonchev–Trinajstić information content (AvgIpc) is 3.34. The number of aryl methyl sites for hydroxylation is 1. The summed E-state index contributed by atoms with van der Waals surface area (Å²) in [6.07, 6.45) is 0.676. The van der Waals surface area contributed by atoms with Crippen LogP contribution in [0.2, 0.25) is 0 Å². The number of hydrogen-bond acceptors (Lipinski definition) is 4. The molecule has 2 aromatic carbocycles. The quantitative estimate of drug-likeness (QED) is 0.693. The van der Waals surface area contributed by atoms with E-state index >= 15 is 0 Å². The molecule has 6 nitrogen and oxygen atoms in total. The molecule has 0 aliphatic carbocycles. The normalized spacial score (nSPS) is 14.5. The van der Waals surface area contributed by atoms with E-state index in [1.807, 2.05) is 50.2 Å². The minimum atomic E-state index is -3.75. The molecule has 3 aromatic rings. The summed E-state index contributed by atoms with van der Waals surface area (Å²) in [6.45, 7) is 4.05. The number of fused-ring (bicyclic) bond motifs is 1. The summed E-state index contributed by atoms with van der Waals surface area (Å²) >= 11 is 0. The Balaban J connectivity index is 1.58. The Labute approximate surface area is 170 Å². The van der Waals surface area contributed by atoms with Crippen molar-refractivity contribution in [3.8, 4) is 0 Å². The van der Waals surface area contributed by atoms with Crippen molar-refractivity contribution in [1.29, 1.82) is 0 Å². The lowest BCUT2D eigenvalue weighted by Gasteiger charge is -2.20. The number of furan rings is 1. The summed E-state index contributed by atoms with van der Waals surface area (Å²) in [4.78, 5) is 12.8. The highest BCUT2D eigenvalue weighted by Crippen LogP contribution is 2.32. The maximum absolute atomic E-state index is 13.2. The third-order valence-corrected chi connectivity index (χ3v) is 6.87. The predicted octanol–water partition coefficient (Wildman–Crippen LogP) is 3.83. The second kappa shape index (κ2) is 7.40. The minimum absolute atomic E-state index is 0.100. The molecule has 1 N–H and O–H groups in total. The van der Waals surface area contributed by atoms with Crippen molar-refractivity contribution in [1.82, 2.24) is 5.32 Å². The van der Waals surface area contributed by atoms with Gasteiger partial charge >= 0.3 is 0 Å². The van der Waals surface area contributed by atoms with Crippen molar-refractivity contribution in [2.45, 2.75) is 31.2 Å². The molecular weight excluding hydrogens is 388 g/mol. The molecule has 2 heterocycles. The fraction of sp³-hybridized carbons (Fsp3) is 0.227. The maximum atomic E-state index is 13.2. The second-order valence-electron chi connectivity index (χ2n) is 7.13. The van der Waals surface area contributed by atoms with Crippen molar-refractivity contribution in [3.63, 3.8) is 0 Å². The van der Waals surface area contributed by atoms with Gasteiger partial charge in [-0.2, -0.15) is 0 Å². The lowest BCUT2D eigenvalue weighted by Crippen LogP contribution is -2.30. The third kappa shape index (κ3) is 3.65. The Morgan fingerprint density at radius 3 is 2.66 bits per heavy atom. The van der Waals surface area contributed by atoms with Crippen LogP contribution in [0.4, 0.5) is 5.69 Å². The molecule has 1 unspecified atom stereocenters. The van der Waals surface area contributed by atoms with E-state index < -0.39 is 10.0 Å². The lowest BCUT2D eigenvalue weighted by atomic mass is 10.2. The van der Waals surface area contributed by atoms with E-state index in [0.29, 0.717) is 24.4 Å². The molecule has 150 valence electrons. The molecule has 1 atom stereocenters. The van der Waals surface area contributed by atoms with Gasteiger partial charge in [-0.1, -0.05) is 24.3 Å². The highest BCUT2D eigenvalue weighted by Gasteiger charge is 2.31. The number of benzene rings is 2. The van der Waals surface area contributed by atoms with Crippen LogP contribution in [0.25, 0.3) is 0 Å². The van der Waals surface area contributed by atoms with Crippen LogP contribution in [0.1, 0.15) is 40.4 Å². The van der Waals surface area contributed by atoms with Gasteiger partial charge in [-0.05, 0) is 62.2 Å². The highest BCUT2D eigenvalue weighted by atomic mass is 32.2. The van der Waals surface area contributed by atoms with Crippen LogP contribution in [0.3, 0.4) is 0 Å². The Hall–Kier alpha value is -3.06. The number of para-hydroxylation sites is 1. The van der Waals surface area contributed by atoms with Crippen LogP contribution >= 0.6 is 0 Å². The van der Waals surface area contributed by atoms with Gasteiger partial charge in [0.15, 0.2) is 0 Å². The molecule has 1 amide bonds. The molecule has 0 saturated heterocycles. The van der Waals surface area contributed by atoms with E-state index in [1.54, 1.807) is 12.1 Å². The summed E-state index contributed by atoms with van der Waals surface area (Å²) in [5.41, 5.74) is 1.99. The van der Waals surface area contributed by atoms with Gasteiger partial charge in [-0.15, -0.1) is 0 Å². The zero-order valence-corrected chi connectivity index (χ0v) is 17.1. The smallest absolute Gasteiger partial charge is 0.264 e. The first-order valence-electron chi connectivity index (χ1n) is 9.44. The molecule has 7 heteroatoms. The number of anilines is 1.